The van der Waals surface area contributed by atoms with Crippen LogP contribution in [0, 0.1) is 0 Å². The Morgan fingerprint density at radius 3 is 2.79 bits per heavy atom. The van der Waals surface area contributed by atoms with Gasteiger partial charge in [0.15, 0.2) is 0 Å². The molecule has 1 saturated heterocycles. The predicted molar refractivity (Wildman–Crippen MR) is 114 cm³/mol. The van der Waals surface area contributed by atoms with Gasteiger partial charge in [-0.2, -0.15) is 0 Å². The molecule has 0 saturated carbocycles. The monoisotopic (exact) mass is 411 g/mol. The average Bonchev–Trinajstić information content (AvgIpc) is 2.77. The summed E-state index contributed by atoms with van der Waals surface area (Å²) in [6.07, 6.45) is 0. The summed E-state index contributed by atoms with van der Waals surface area (Å²) in [5, 5.41) is 3.00. The molecule has 2 aromatic carbocycles. The Morgan fingerprint density at radius 1 is 1.10 bits per heavy atom. The van der Waals surface area contributed by atoms with E-state index in [1.54, 1.807) is 16.7 Å². The van der Waals surface area contributed by atoms with E-state index in [-0.39, 0.29) is 11.8 Å². The molecular weight excluding hydrogens is 386 g/mol. The van der Waals surface area contributed by atoms with Crippen molar-refractivity contribution in [3.8, 4) is 0 Å². The third-order valence-electron chi connectivity index (χ3n) is 5.16. The molecule has 0 spiro atoms. The van der Waals surface area contributed by atoms with E-state index in [4.69, 9.17) is 4.74 Å². The van der Waals surface area contributed by atoms with Crippen molar-refractivity contribution in [1.29, 1.82) is 0 Å². The van der Waals surface area contributed by atoms with Crippen LogP contribution in [0.4, 0.5) is 5.69 Å². The van der Waals surface area contributed by atoms with Crippen LogP contribution in [-0.2, 0) is 16.1 Å². The van der Waals surface area contributed by atoms with Gasteiger partial charge in [0.05, 0.1) is 31.2 Å². The number of hydrogen-bond acceptors (Lipinski definition) is 5. The number of nitrogens with one attached hydrogen (secondary N) is 1. The normalized spacial score (nSPS) is 17.1. The van der Waals surface area contributed by atoms with Crippen molar-refractivity contribution in [3.05, 3.63) is 59.7 Å². The van der Waals surface area contributed by atoms with E-state index in [0.717, 1.165) is 49.0 Å². The minimum Gasteiger partial charge on any atom is -0.379 e. The summed E-state index contributed by atoms with van der Waals surface area (Å²) in [5.74, 6) is 0.453. The molecule has 0 unspecified atom stereocenters. The quantitative estimate of drug-likeness (QED) is 0.791. The number of morpholine rings is 1. The van der Waals surface area contributed by atoms with Gasteiger partial charge in [-0.25, -0.2) is 0 Å². The summed E-state index contributed by atoms with van der Waals surface area (Å²) in [6.45, 7) is 5.23. The Hall–Kier alpha value is -2.35. The van der Waals surface area contributed by atoms with E-state index in [1.807, 2.05) is 48.5 Å². The van der Waals surface area contributed by atoms with Gasteiger partial charge in [0, 0.05) is 36.6 Å². The second-order valence-electron chi connectivity index (χ2n) is 7.15. The van der Waals surface area contributed by atoms with Gasteiger partial charge < -0.3 is 15.0 Å². The SMILES string of the molecule is O=C(NCCN1CCOCC1)c1cccc(CN2C(=O)CSc3ccccc32)c1. The molecule has 0 aliphatic carbocycles. The third kappa shape index (κ3) is 4.98. The lowest BCUT2D eigenvalue weighted by molar-refractivity contribution is -0.116. The molecule has 4 rings (SSSR count). The van der Waals surface area contributed by atoms with Crippen LogP contribution in [0.3, 0.4) is 0 Å². The second-order valence-corrected chi connectivity index (χ2v) is 8.16. The minimum atomic E-state index is -0.0824. The Kier molecular flexibility index (Phi) is 6.49. The van der Waals surface area contributed by atoms with Crippen LogP contribution in [0.2, 0.25) is 0 Å². The number of amides is 2. The topological polar surface area (TPSA) is 61.9 Å². The van der Waals surface area contributed by atoms with Gasteiger partial charge in [-0.1, -0.05) is 24.3 Å². The molecule has 2 aliphatic heterocycles. The summed E-state index contributed by atoms with van der Waals surface area (Å²) >= 11 is 1.57. The first-order valence-electron chi connectivity index (χ1n) is 9.90. The van der Waals surface area contributed by atoms with Crippen molar-refractivity contribution >= 4 is 29.3 Å². The van der Waals surface area contributed by atoms with Crippen LogP contribution < -0.4 is 10.2 Å². The number of fused-ring (bicyclic) bond motifs is 1. The lowest BCUT2D eigenvalue weighted by atomic mass is 10.1. The second kappa shape index (κ2) is 9.43. The molecule has 6 nitrogen and oxygen atoms in total. The fraction of sp³-hybridized carbons (Fsp3) is 0.364. The molecule has 0 atom stereocenters. The largest absolute Gasteiger partial charge is 0.379 e. The van der Waals surface area contributed by atoms with Gasteiger partial charge >= 0.3 is 0 Å². The predicted octanol–water partition coefficient (Wildman–Crippen LogP) is 2.39. The number of nitrogens with zero attached hydrogens (tertiary/aromatic N) is 2. The van der Waals surface area contributed by atoms with Crippen LogP contribution in [0.5, 0.6) is 0 Å². The van der Waals surface area contributed by atoms with E-state index in [9.17, 15) is 9.59 Å². The zero-order valence-corrected chi connectivity index (χ0v) is 17.1. The zero-order chi connectivity index (χ0) is 20.1. The summed E-state index contributed by atoms with van der Waals surface area (Å²) in [7, 11) is 0. The van der Waals surface area contributed by atoms with Crippen molar-refractivity contribution in [1.82, 2.24) is 10.2 Å². The van der Waals surface area contributed by atoms with Gasteiger partial charge in [0.2, 0.25) is 5.91 Å². The lowest BCUT2D eigenvalue weighted by Crippen LogP contribution is -2.41. The molecule has 2 aliphatic rings. The molecular formula is C22H25N3O3S. The Balaban J connectivity index is 1.38. The Bertz CT molecular complexity index is 883. The molecule has 2 aromatic rings. The van der Waals surface area contributed by atoms with Crippen LogP contribution in [0.15, 0.2) is 53.4 Å². The smallest absolute Gasteiger partial charge is 0.251 e. The van der Waals surface area contributed by atoms with Crippen LogP contribution in [0.25, 0.3) is 0 Å². The fourth-order valence-corrected chi connectivity index (χ4v) is 4.51. The maximum atomic E-state index is 12.6. The molecule has 7 heteroatoms. The molecule has 1 fully saturated rings. The molecule has 29 heavy (non-hydrogen) atoms. The first-order chi connectivity index (χ1) is 14.2. The minimum absolute atomic E-state index is 0.0824. The lowest BCUT2D eigenvalue weighted by Gasteiger charge is -2.29. The molecule has 1 N–H and O–H groups in total. The molecule has 2 heterocycles. The summed E-state index contributed by atoms with van der Waals surface area (Å²) in [4.78, 5) is 30.3. The molecule has 0 bridgehead atoms. The first kappa shape index (κ1) is 19.9. The number of carbonyl (C=O) groups excluding carboxylic acids is 2. The van der Waals surface area contributed by atoms with Gasteiger partial charge in [0.25, 0.3) is 5.91 Å². The summed E-state index contributed by atoms with van der Waals surface area (Å²) < 4.78 is 5.34. The fourth-order valence-electron chi connectivity index (χ4n) is 3.58. The Morgan fingerprint density at radius 2 is 1.93 bits per heavy atom. The van der Waals surface area contributed by atoms with Crippen LogP contribution >= 0.6 is 11.8 Å². The summed E-state index contributed by atoms with van der Waals surface area (Å²) in [6, 6.07) is 15.5. The van der Waals surface area contributed by atoms with E-state index < -0.39 is 0 Å². The van der Waals surface area contributed by atoms with Crippen molar-refractivity contribution in [2.45, 2.75) is 11.4 Å². The van der Waals surface area contributed by atoms with Crippen molar-refractivity contribution in [2.24, 2.45) is 0 Å². The molecule has 2 amide bonds. The number of hydrogen-bond donors (Lipinski definition) is 1. The number of carbonyl (C=O) groups is 2. The number of para-hydroxylation sites is 1. The number of anilines is 1. The zero-order valence-electron chi connectivity index (χ0n) is 16.3. The van der Waals surface area contributed by atoms with Crippen LogP contribution in [0.1, 0.15) is 15.9 Å². The number of ether oxygens (including phenoxy) is 1. The van der Waals surface area contributed by atoms with Crippen LogP contribution in [-0.4, -0.2) is 61.9 Å². The van der Waals surface area contributed by atoms with E-state index in [1.165, 1.54) is 0 Å². The molecule has 0 aromatic heterocycles. The maximum absolute atomic E-state index is 12.6. The van der Waals surface area contributed by atoms with Crippen molar-refractivity contribution < 1.29 is 14.3 Å². The highest BCUT2D eigenvalue weighted by Gasteiger charge is 2.24. The number of benzene rings is 2. The highest BCUT2D eigenvalue weighted by Crippen LogP contribution is 2.35. The third-order valence-corrected chi connectivity index (χ3v) is 6.20. The van der Waals surface area contributed by atoms with Gasteiger partial charge in [0.1, 0.15) is 0 Å². The van der Waals surface area contributed by atoms with E-state index in [0.29, 0.717) is 24.4 Å². The van der Waals surface area contributed by atoms with E-state index >= 15 is 0 Å². The highest BCUT2D eigenvalue weighted by atomic mass is 32.2. The Labute approximate surface area is 175 Å². The first-order valence-corrected chi connectivity index (χ1v) is 10.9. The average molecular weight is 412 g/mol. The molecule has 152 valence electrons. The maximum Gasteiger partial charge on any atom is 0.251 e. The van der Waals surface area contributed by atoms with E-state index in [2.05, 4.69) is 10.2 Å². The van der Waals surface area contributed by atoms with Gasteiger partial charge in [-0.3, -0.25) is 14.5 Å². The number of thioether (sulfide) groups is 1. The summed E-state index contributed by atoms with van der Waals surface area (Å²) in [5.41, 5.74) is 2.51. The van der Waals surface area contributed by atoms with Crippen molar-refractivity contribution in [3.63, 3.8) is 0 Å². The number of rotatable bonds is 6. The standard InChI is InChI=1S/C22H25N3O3S/c26-21-16-29-20-7-2-1-6-19(20)25(21)15-17-4-3-5-18(14-17)22(27)23-8-9-24-10-12-28-13-11-24/h1-7,14H,8-13,15-16H2,(H,23,27). The van der Waals surface area contributed by atoms with Gasteiger partial charge in [-0.05, 0) is 29.8 Å². The van der Waals surface area contributed by atoms with Crippen molar-refractivity contribution in [2.75, 3.05) is 50.0 Å². The van der Waals surface area contributed by atoms with Gasteiger partial charge in [-0.15, -0.1) is 11.8 Å². The molecule has 0 radical (unpaired) electrons. The highest BCUT2D eigenvalue weighted by molar-refractivity contribution is 8.00.